The zero-order valence-electron chi connectivity index (χ0n) is 55.0. The molecule has 97 heavy (non-hydrogen) atoms. The molecule has 3 amide bonds. The summed E-state index contributed by atoms with van der Waals surface area (Å²) in [5, 5.41) is 27.2. The van der Waals surface area contributed by atoms with Crippen molar-refractivity contribution >= 4 is 141 Å². The summed E-state index contributed by atoms with van der Waals surface area (Å²) in [4.78, 5) is 80.2. The quantitative estimate of drug-likeness (QED) is 0.0460. The molecule has 0 radical (unpaired) electrons. The number of carboxylic acids is 1. The van der Waals surface area contributed by atoms with E-state index in [-0.39, 0.29) is 124 Å². The highest BCUT2D eigenvalue weighted by Gasteiger charge is 2.55. The van der Waals surface area contributed by atoms with Crippen LogP contribution in [0.15, 0.2) is 75.3 Å². The Labute approximate surface area is 606 Å². The number of nitrogens with zero attached hydrogens (tertiary/aromatic N) is 5. The smallest absolute Gasteiger partial charge is 0.411 e. The number of hydrogen-bond donors (Lipinski definition) is 2. The minimum atomic E-state index is -1.28. The average Bonchev–Trinajstić information content (AvgIpc) is 1.68. The number of carboxylic acid groups (broad SMARTS) is 1. The molecule has 9 rings (SSSR count). The van der Waals surface area contributed by atoms with Crippen molar-refractivity contribution in [3.8, 4) is 33.8 Å². The summed E-state index contributed by atoms with van der Waals surface area (Å²) < 4.78 is 44.2. The van der Waals surface area contributed by atoms with E-state index >= 15 is 0 Å². The van der Waals surface area contributed by atoms with Crippen LogP contribution in [0.3, 0.4) is 0 Å². The Kier molecular flexibility index (Phi) is 25.3. The second kappa shape index (κ2) is 31.4. The molecule has 6 aromatic rings. The third-order valence-electron chi connectivity index (χ3n) is 15.5. The lowest BCUT2D eigenvalue weighted by Crippen LogP contribution is -2.55. The largest absolute Gasteiger partial charge is 0.477 e. The Balaban J connectivity index is 0.000000205. The topological polar surface area (TPSA) is 265 Å². The first kappa shape index (κ1) is 77.9. The standard InChI is InChI=1S/C24H27Cl3N2O5.C22H23Cl3N2O5.C21H23Cl3N2O5/c1-6-11-29(22(31)33-23(3,4)5)24(9-8-10-24)20-18(21(30)32-7-2)19(28-34-20)17-15(26)12-14(25)13-16(17)27;1-5-9-27(20(30)31-21(2,3)4)22(7-6-8-22)18-16(19(28)29)17(26-32-18)15-13(24)10-12(23)11-14(15)25;1-5-29-18(27)15-16(14-12(23)9-11(22)10-13(14)24)26-31-17(15)21(7-6-8-21)25-19(28)30-20(2,3)4/h6,12-13H,1,7-11H2,2-5H3;5,10-11H,1,6-9H2,2-4H3,(H,28,29);9-10H,5-8H2,1-4H3,(H,25,28). The summed E-state index contributed by atoms with van der Waals surface area (Å²) in [7, 11) is 0. The van der Waals surface area contributed by atoms with Gasteiger partial charge in [-0.2, -0.15) is 0 Å². The van der Waals surface area contributed by atoms with Gasteiger partial charge in [-0.25, -0.2) is 28.8 Å². The fourth-order valence-electron chi connectivity index (χ4n) is 11.1. The van der Waals surface area contributed by atoms with Crippen molar-refractivity contribution in [3.63, 3.8) is 0 Å². The normalized spacial score (nSPS) is 15.0. The van der Waals surface area contributed by atoms with E-state index in [0.29, 0.717) is 53.6 Å². The summed E-state index contributed by atoms with van der Waals surface area (Å²) >= 11 is 56.3. The third kappa shape index (κ3) is 17.4. The lowest BCUT2D eigenvalue weighted by atomic mass is 9.72. The number of aromatic carboxylic acids is 1. The van der Waals surface area contributed by atoms with Gasteiger partial charge in [0, 0.05) is 44.8 Å². The van der Waals surface area contributed by atoms with Crippen LogP contribution in [0, 0.1) is 0 Å². The Morgan fingerprint density at radius 2 is 0.804 bits per heavy atom. The predicted octanol–water partition coefficient (Wildman–Crippen LogP) is 20.5. The van der Waals surface area contributed by atoms with Crippen LogP contribution in [0.2, 0.25) is 45.2 Å². The summed E-state index contributed by atoms with van der Waals surface area (Å²) in [6, 6.07) is 8.86. The van der Waals surface area contributed by atoms with Crippen molar-refractivity contribution in [2.75, 3.05) is 26.3 Å². The maximum atomic E-state index is 13.2. The lowest BCUT2D eigenvalue weighted by Gasteiger charge is -2.48. The number of carbonyl (C=O) groups excluding carboxylic acids is 5. The van der Waals surface area contributed by atoms with Crippen LogP contribution in [-0.4, -0.2) is 110 Å². The van der Waals surface area contributed by atoms with Gasteiger partial charge in [0.05, 0.1) is 43.3 Å². The van der Waals surface area contributed by atoms with Crippen LogP contribution in [0.1, 0.15) is 182 Å². The molecular formula is C67H73Cl9N6O15. The molecule has 3 aliphatic carbocycles. The Hall–Kier alpha value is -6.40. The van der Waals surface area contributed by atoms with Gasteiger partial charge in [-0.05, 0) is 170 Å². The molecule has 0 bridgehead atoms. The third-order valence-corrected chi connectivity index (χ3v) is 17.9. The summed E-state index contributed by atoms with van der Waals surface area (Å²) in [5.74, 6) is -2.19. The molecule has 21 nitrogen and oxygen atoms in total. The number of aromatic nitrogens is 3. The van der Waals surface area contributed by atoms with E-state index in [2.05, 4.69) is 33.9 Å². The van der Waals surface area contributed by atoms with Gasteiger partial charge in [-0.1, -0.05) is 132 Å². The van der Waals surface area contributed by atoms with Crippen LogP contribution < -0.4 is 5.32 Å². The van der Waals surface area contributed by atoms with Crippen LogP contribution in [-0.2, 0) is 40.3 Å². The highest BCUT2D eigenvalue weighted by molar-refractivity contribution is 6.44. The molecule has 0 atom stereocenters. The van der Waals surface area contributed by atoms with Gasteiger partial charge < -0.3 is 47.7 Å². The van der Waals surface area contributed by atoms with E-state index in [1.165, 1.54) is 46.2 Å². The number of ether oxygens (including phenoxy) is 5. The minimum absolute atomic E-state index is 0.0341. The monoisotopic (exact) mass is 1520 g/mol. The SMILES string of the molecule is C=CCN(C(=O)OC(C)(C)C)C1(c2onc(-c3c(Cl)cc(Cl)cc3Cl)c2C(=O)O)CCC1.C=CCN(C(=O)OC(C)(C)C)C1(c2onc(-c3c(Cl)cc(Cl)cc3Cl)c2C(=O)OCC)CCC1.CCOC(=O)c1c(-c2c(Cl)cc(Cl)cc2Cl)noc1C1(NC(=O)OC(C)(C)C)CCC1. The fraction of sp³-hybridized carbons (Fsp3) is 0.448. The Morgan fingerprint density at radius 1 is 0.505 bits per heavy atom. The molecule has 3 saturated carbocycles. The van der Waals surface area contributed by atoms with E-state index in [1.54, 1.807) is 88.3 Å². The molecule has 0 unspecified atom stereocenters. The van der Waals surface area contributed by atoms with Crippen molar-refractivity contribution < 1.29 is 71.1 Å². The van der Waals surface area contributed by atoms with E-state index < -0.39 is 69.6 Å². The Bertz CT molecular complexity index is 3910. The molecular weight excluding hydrogens is 1450 g/mol. The highest BCUT2D eigenvalue weighted by atomic mass is 35.5. The van der Waals surface area contributed by atoms with Gasteiger partial charge in [-0.15, -0.1) is 13.2 Å². The van der Waals surface area contributed by atoms with Gasteiger partial charge in [-0.3, -0.25) is 9.80 Å². The molecule has 0 spiro atoms. The lowest BCUT2D eigenvalue weighted by molar-refractivity contribution is -0.0361. The highest BCUT2D eigenvalue weighted by Crippen LogP contribution is 2.54. The first-order valence-electron chi connectivity index (χ1n) is 30.6. The molecule has 30 heteroatoms. The number of nitrogens with one attached hydrogen (secondary N) is 1. The van der Waals surface area contributed by atoms with Gasteiger partial charge in [0.15, 0.2) is 17.3 Å². The van der Waals surface area contributed by atoms with Crippen LogP contribution in [0.5, 0.6) is 0 Å². The van der Waals surface area contributed by atoms with Crippen LogP contribution >= 0.6 is 104 Å². The van der Waals surface area contributed by atoms with E-state index in [9.17, 15) is 33.9 Å². The maximum absolute atomic E-state index is 13.2. The minimum Gasteiger partial charge on any atom is -0.477 e. The van der Waals surface area contributed by atoms with Gasteiger partial charge in [0.25, 0.3) is 0 Å². The number of hydrogen-bond acceptors (Lipinski definition) is 17. The van der Waals surface area contributed by atoms with Crippen LogP contribution in [0.25, 0.3) is 33.8 Å². The number of rotatable bonds is 18. The average molecular weight is 1520 g/mol. The van der Waals surface area contributed by atoms with Gasteiger partial charge >= 0.3 is 36.2 Å². The van der Waals surface area contributed by atoms with Crippen LogP contribution in [0.4, 0.5) is 14.4 Å². The molecule has 3 heterocycles. The van der Waals surface area contributed by atoms with Crippen molar-refractivity contribution in [1.82, 2.24) is 30.6 Å². The second-order valence-electron chi connectivity index (χ2n) is 25.8. The zero-order chi connectivity index (χ0) is 72.1. The first-order chi connectivity index (χ1) is 45.3. The molecule has 524 valence electrons. The van der Waals surface area contributed by atoms with E-state index in [0.717, 1.165) is 19.3 Å². The second-order valence-corrected chi connectivity index (χ2v) is 29.5. The molecule has 3 aromatic carbocycles. The molecule has 3 fully saturated rings. The number of amides is 3. The molecule has 0 saturated heterocycles. The van der Waals surface area contributed by atoms with E-state index in [1.807, 2.05) is 0 Å². The number of benzene rings is 3. The summed E-state index contributed by atoms with van der Waals surface area (Å²) in [6.07, 6.45) is 6.82. The first-order valence-corrected chi connectivity index (χ1v) is 34.0. The number of halogens is 9. The molecule has 3 aromatic heterocycles. The van der Waals surface area contributed by atoms with Crippen molar-refractivity contribution in [3.05, 3.63) is 141 Å². The van der Waals surface area contributed by atoms with Crippen molar-refractivity contribution in [2.24, 2.45) is 0 Å². The summed E-state index contributed by atoms with van der Waals surface area (Å²) in [5.41, 5.74) is -4.26. The van der Waals surface area contributed by atoms with Gasteiger partial charge in [0.1, 0.15) is 67.2 Å². The maximum Gasteiger partial charge on any atom is 0.411 e. The predicted molar refractivity (Wildman–Crippen MR) is 372 cm³/mol. The van der Waals surface area contributed by atoms with E-state index in [4.69, 9.17) is 142 Å². The number of carbonyl (C=O) groups is 6. The molecule has 2 N–H and O–H groups in total. The molecule has 3 aliphatic rings. The Morgan fingerprint density at radius 3 is 1.07 bits per heavy atom. The van der Waals surface area contributed by atoms with Crippen molar-refractivity contribution in [1.29, 1.82) is 0 Å². The summed E-state index contributed by atoms with van der Waals surface area (Å²) in [6.45, 7) is 27.4. The number of esters is 2. The molecule has 0 aliphatic heterocycles. The fourth-order valence-corrected chi connectivity index (χ4v) is 14.1. The van der Waals surface area contributed by atoms with Crippen molar-refractivity contribution in [2.45, 2.75) is 167 Å². The zero-order valence-corrected chi connectivity index (χ0v) is 61.8. The number of alkyl carbamates (subject to hydrolysis) is 1. The van der Waals surface area contributed by atoms with Gasteiger partial charge in [0.2, 0.25) is 0 Å².